The van der Waals surface area contributed by atoms with Crippen molar-refractivity contribution in [2.24, 2.45) is 11.8 Å². The van der Waals surface area contributed by atoms with E-state index in [1.807, 2.05) is 13.0 Å². The zero-order valence-electron chi connectivity index (χ0n) is 11.7. The molecule has 21 heavy (non-hydrogen) atoms. The van der Waals surface area contributed by atoms with Crippen molar-refractivity contribution in [3.05, 3.63) is 27.2 Å². The largest absolute Gasteiger partial charge is 0.481 e. The molecule has 0 aliphatic heterocycles. The molecule has 1 amide bonds. The number of aryl methyl sites for hydroxylation is 1. The number of carboxylic acids is 1. The van der Waals surface area contributed by atoms with Gasteiger partial charge in [-0.1, -0.05) is 24.4 Å². The lowest BCUT2D eigenvalue weighted by Gasteiger charge is -2.27. The fourth-order valence-electron chi connectivity index (χ4n) is 2.71. The summed E-state index contributed by atoms with van der Waals surface area (Å²) in [7, 11) is 0. The monoisotopic (exact) mass is 373 g/mol. The molecule has 2 atom stereocenters. The Morgan fingerprint density at radius 3 is 2.52 bits per heavy atom. The summed E-state index contributed by atoms with van der Waals surface area (Å²) in [6.07, 6.45) is 2.92. The molecule has 0 unspecified atom stereocenters. The van der Waals surface area contributed by atoms with Gasteiger partial charge in [0.1, 0.15) is 0 Å². The van der Waals surface area contributed by atoms with Crippen LogP contribution in [-0.4, -0.2) is 17.0 Å². The van der Waals surface area contributed by atoms with Crippen LogP contribution in [0.3, 0.4) is 0 Å². The predicted octanol–water partition coefficient (Wildman–Crippen LogP) is 4.24. The number of anilines is 1. The Morgan fingerprint density at radius 2 is 1.90 bits per heavy atom. The van der Waals surface area contributed by atoms with Crippen molar-refractivity contribution in [2.75, 3.05) is 5.32 Å². The Labute approximate surface area is 137 Å². The summed E-state index contributed by atoms with van der Waals surface area (Å²) in [6.45, 7) is 1.88. The third-order valence-electron chi connectivity index (χ3n) is 3.93. The van der Waals surface area contributed by atoms with Crippen LogP contribution in [0.5, 0.6) is 0 Å². The summed E-state index contributed by atoms with van der Waals surface area (Å²) in [5, 5.41) is 12.6. The quantitative estimate of drug-likeness (QED) is 0.831. The number of carboxylic acid groups (broad SMARTS) is 1. The van der Waals surface area contributed by atoms with E-state index in [1.54, 1.807) is 6.07 Å². The molecule has 1 fully saturated rings. The van der Waals surface area contributed by atoms with Crippen molar-refractivity contribution in [2.45, 2.75) is 32.6 Å². The van der Waals surface area contributed by atoms with Gasteiger partial charge in [-0.05, 0) is 53.4 Å². The molecule has 6 heteroatoms. The number of rotatable bonds is 3. The van der Waals surface area contributed by atoms with Crippen molar-refractivity contribution in [3.63, 3.8) is 0 Å². The Morgan fingerprint density at radius 1 is 1.29 bits per heavy atom. The molecule has 1 aromatic rings. The molecular weight excluding hydrogens is 358 g/mol. The third kappa shape index (κ3) is 3.77. The molecule has 2 N–H and O–H groups in total. The standard InChI is InChI=1S/C15H17BrClNO3/c1-8-6-11(16)13(7-12(8)17)18-14(19)9-4-2-3-5-10(9)15(20)21/h6-7,9-10H,2-5H2,1H3,(H,18,19)(H,20,21)/t9-,10+/m1/s1. The number of amides is 1. The van der Waals surface area contributed by atoms with E-state index < -0.39 is 17.8 Å². The first-order valence-corrected chi connectivity index (χ1v) is 8.06. The van der Waals surface area contributed by atoms with Crippen LogP contribution >= 0.6 is 27.5 Å². The number of halogens is 2. The molecular formula is C15H17BrClNO3. The van der Waals surface area contributed by atoms with Gasteiger partial charge in [-0.2, -0.15) is 0 Å². The summed E-state index contributed by atoms with van der Waals surface area (Å²) in [6, 6.07) is 3.50. The topological polar surface area (TPSA) is 66.4 Å². The lowest BCUT2D eigenvalue weighted by Crippen LogP contribution is -2.36. The minimum Gasteiger partial charge on any atom is -0.481 e. The van der Waals surface area contributed by atoms with Gasteiger partial charge in [0.15, 0.2) is 0 Å². The van der Waals surface area contributed by atoms with Gasteiger partial charge >= 0.3 is 5.97 Å². The van der Waals surface area contributed by atoms with Gasteiger partial charge in [-0.3, -0.25) is 9.59 Å². The molecule has 4 nitrogen and oxygen atoms in total. The second-order valence-electron chi connectivity index (χ2n) is 5.41. The van der Waals surface area contributed by atoms with Gasteiger partial charge in [0.2, 0.25) is 5.91 Å². The average Bonchev–Trinajstić information content (AvgIpc) is 2.44. The van der Waals surface area contributed by atoms with Gasteiger partial charge in [0, 0.05) is 9.50 Å². The van der Waals surface area contributed by atoms with Gasteiger partial charge in [-0.25, -0.2) is 0 Å². The van der Waals surface area contributed by atoms with Crippen LogP contribution in [0.4, 0.5) is 5.69 Å². The second-order valence-corrected chi connectivity index (χ2v) is 6.67. The van der Waals surface area contributed by atoms with E-state index in [-0.39, 0.29) is 5.91 Å². The van der Waals surface area contributed by atoms with Crippen molar-refractivity contribution >= 4 is 45.1 Å². The highest BCUT2D eigenvalue weighted by atomic mass is 79.9. The van der Waals surface area contributed by atoms with Crippen LogP contribution in [-0.2, 0) is 9.59 Å². The van der Waals surface area contributed by atoms with E-state index in [4.69, 9.17) is 11.6 Å². The predicted molar refractivity (Wildman–Crippen MR) is 85.6 cm³/mol. The van der Waals surface area contributed by atoms with Crippen LogP contribution in [0.2, 0.25) is 5.02 Å². The lowest BCUT2D eigenvalue weighted by molar-refractivity contribution is -0.147. The summed E-state index contributed by atoms with van der Waals surface area (Å²) < 4.78 is 0.737. The summed E-state index contributed by atoms with van der Waals surface area (Å²) in [5.41, 5.74) is 1.48. The van der Waals surface area contributed by atoms with E-state index in [1.165, 1.54) is 0 Å². The maximum absolute atomic E-state index is 12.4. The molecule has 1 aromatic carbocycles. The van der Waals surface area contributed by atoms with Crippen LogP contribution in [0.1, 0.15) is 31.2 Å². The summed E-state index contributed by atoms with van der Waals surface area (Å²) >= 11 is 9.46. The first-order chi connectivity index (χ1) is 9.90. The van der Waals surface area contributed by atoms with Gasteiger partial charge < -0.3 is 10.4 Å². The molecule has 1 aliphatic carbocycles. The smallest absolute Gasteiger partial charge is 0.307 e. The average molecular weight is 375 g/mol. The molecule has 0 saturated heterocycles. The Kier molecular flexibility index (Phi) is 5.27. The highest BCUT2D eigenvalue weighted by Crippen LogP contribution is 2.33. The number of carbonyl (C=O) groups is 2. The number of hydrogen-bond acceptors (Lipinski definition) is 2. The van der Waals surface area contributed by atoms with Crippen LogP contribution in [0, 0.1) is 18.8 Å². The van der Waals surface area contributed by atoms with E-state index >= 15 is 0 Å². The molecule has 2 rings (SSSR count). The van der Waals surface area contributed by atoms with Crippen LogP contribution in [0.25, 0.3) is 0 Å². The van der Waals surface area contributed by atoms with E-state index in [0.29, 0.717) is 23.6 Å². The first-order valence-electron chi connectivity index (χ1n) is 6.89. The molecule has 114 valence electrons. The van der Waals surface area contributed by atoms with Crippen molar-refractivity contribution < 1.29 is 14.7 Å². The maximum Gasteiger partial charge on any atom is 0.307 e. The second kappa shape index (κ2) is 6.79. The molecule has 0 spiro atoms. The number of nitrogens with one attached hydrogen (secondary N) is 1. The maximum atomic E-state index is 12.4. The molecule has 0 bridgehead atoms. The molecule has 1 saturated carbocycles. The highest BCUT2D eigenvalue weighted by molar-refractivity contribution is 9.10. The Bertz CT molecular complexity index is 576. The Hall–Kier alpha value is -1.07. The van der Waals surface area contributed by atoms with Gasteiger partial charge in [-0.15, -0.1) is 0 Å². The lowest BCUT2D eigenvalue weighted by atomic mass is 9.78. The normalized spacial score (nSPS) is 21.9. The number of carbonyl (C=O) groups excluding carboxylic acids is 1. The Balaban J connectivity index is 2.17. The number of aliphatic carboxylic acids is 1. The van der Waals surface area contributed by atoms with Gasteiger partial charge in [0.25, 0.3) is 0 Å². The van der Waals surface area contributed by atoms with Crippen LogP contribution < -0.4 is 5.32 Å². The fourth-order valence-corrected chi connectivity index (χ4v) is 3.43. The summed E-state index contributed by atoms with van der Waals surface area (Å²) in [4.78, 5) is 23.7. The number of hydrogen-bond donors (Lipinski definition) is 2. The SMILES string of the molecule is Cc1cc(Br)c(NC(=O)[C@@H]2CCCC[C@@H]2C(=O)O)cc1Cl. The van der Waals surface area contributed by atoms with Crippen LogP contribution in [0.15, 0.2) is 16.6 Å². The zero-order chi connectivity index (χ0) is 15.6. The van der Waals surface area contributed by atoms with Crippen molar-refractivity contribution in [1.82, 2.24) is 0 Å². The zero-order valence-corrected chi connectivity index (χ0v) is 14.0. The number of benzene rings is 1. The van der Waals surface area contributed by atoms with E-state index in [9.17, 15) is 14.7 Å². The molecule has 0 radical (unpaired) electrons. The molecule has 0 heterocycles. The van der Waals surface area contributed by atoms with Crippen molar-refractivity contribution in [1.29, 1.82) is 0 Å². The minimum absolute atomic E-state index is 0.247. The third-order valence-corrected chi connectivity index (χ3v) is 4.99. The first kappa shape index (κ1) is 16.3. The summed E-state index contributed by atoms with van der Waals surface area (Å²) in [5.74, 6) is -2.22. The van der Waals surface area contributed by atoms with Gasteiger partial charge in [0.05, 0.1) is 17.5 Å². The van der Waals surface area contributed by atoms with E-state index in [0.717, 1.165) is 22.9 Å². The molecule has 0 aromatic heterocycles. The van der Waals surface area contributed by atoms with Crippen molar-refractivity contribution in [3.8, 4) is 0 Å². The minimum atomic E-state index is -0.893. The fraction of sp³-hybridized carbons (Fsp3) is 0.467. The highest BCUT2D eigenvalue weighted by Gasteiger charge is 2.35. The molecule has 1 aliphatic rings. The van der Waals surface area contributed by atoms with E-state index in [2.05, 4.69) is 21.2 Å².